The summed E-state index contributed by atoms with van der Waals surface area (Å²) in [5.41, 5.74) is 7.22. The molecule has 3 rings (SSSR count). The van der Waals surface area contributed by atoms with E-state index in [0.717, 1.165) is 11.1 Å². The molecule has 0 unspecified atom stereocenters. The normalized spacial score (nSPS) is 9.93. The van der Waals surface area contributed by atoms with Crippen LogP contribution in [0.5, 0.6) is 0 Å². The maximum Gasteiger partial charge on any atom is 0.341 e. The third-order valence-electron chi connectivity index (χ3n) is 3.78. The van der Waals surface area contributed by atoms with Crippen LogP contribution >= 0.6 is 0 Å². The Morgan fingerprint density at radius 3 is 2.28 bits per heavy atom. The number of carbonyl (C=O) groups excluding carboxylic acids is 1. The van der Waals surface area contributed by atoms with Gasteiger partial charge in [0.1, 0.15) is 23.0 Å². The van der Waals surface area contributed by atoms with Gasteiger partial charge in [-0.3, -0.25) is 0 Å². The summed E-state index contributed by atoms with van der Waals surface area (Å²) in [6.07, 6.45) is 1.58. The molecular formula is C22H23F2N3O2. The molecule has 1 heterocycles. The number of carbonyl (C=O) groups is 1. The van der Waals surface area contributed by atoms with E-state index in [4.69, 9.17) is 10.5 Å². The number of esters is 1. The molecule has 0 radical (unpaired) electrons. The number of rotatable bonds is 6. The number of aromatic nitrogens is 1. The third kappa shape index (κ3) is 7.31. The quantitative estimate of drug-likeness (QED) is 0.605. The van der Waals surface area contributed by atoms with Gasteiger partial charge in [-0.05, 0) is 54.4 Å². The highest BCUT2D eigenvalue weighted by Crippen LogP contribution is 2.14. The van der Waals surface area contributed by atoms with Crippen LogP contribution in [0.15, 0.2) is 66.9 Å². The minimum absolute atomic E-state index is 0.224. The minimum atomic E-state index is -0.428. The Kier molecular flexibility index (Phi) is 8.72. The van der Waals surface area contributed by atoms with Crippen molar-refractivity contribution in [3.63, 3.8) is 0 Å². The molecule has 3 N–H and O–H groups in total. The fraction of sp³-hybridized carbons (Fsp3) is 0.182. The number of hydrogen-bond donors (Lipinski definition) is 2. The van der Waals surface area contributed by atoms with E-state index in [2.05, 4.69) is 10.3 Å². The molecule has 29 heavy (non-hydrogen) atoms. The van der Waals surface area contributed by atoms with Crippen molar-refractivity contribution in [2.75, 3.05) is 11.9 Å². The van der Waals surface area contributed by atoms with Crippen molar-refractivity contribution in [3.8, 4) is 0 Å². The molecule has 0 spiro atoms. The van der Waals surface area contributed by atoms with Crippen LogP contribution in [0, 0.1) is 11.6 Å². The Labute approximate surface area is 168 Å². The Balaban J connectivity index is 0.000000278. The van der Waals surface area contributed by atoms with Crippen LogP contribution in [0.2, 0.25) is 0 Å². The molecule has 2 aromatic carbocycles. The number of hydrogen-bond acceptors (Lipinski definition) is 5. The van der Waals surface area contributed by atoms with E-state index in [9.17, 15) is 13.6 Å². The second kappa shape index (κ2) is 11.5. The summed E-state index contributed by atoms with van der Waals surface area (Å²) >= 11 is 0. The van der Waals surface area contributed by atoms with E-state index in [1.54, 1.807) is 49.5 Å². The zero-order chi connectivity index (χ0) is 21.1. The van der Waals surface area contributed by atoms with Gasteiger partial charge in [-0.1, -0.05) is 24.3 Å². The summed E-state index contributed by atoms with van der Waals surface area (Å²) in [6, 6.07) is 15.8. The number of nitrogens with one attached hydrogen (secondary N) is 1. The van der Waals surface area contributed by atoms with Gasteiger partial charge in [-0.2, -0.15) is 0 Å². The van der Waals surface area contributed by atoms with Crippen molar-refractivity contribution < 1.29 is 18.3 Å². The van der Waals surface area contributed by atoms with Crippen molar-refractivity contribution in [3.05, 3.63) is 95.2 Å². The van der Waals surface area contributed by atoms with Crippen molar-refractivity contribution in [1.82, 2.24) is 4.98 Å². The third-order valence-corrected chi connectivity index (χ3v) is 3.78. The summed E-state index contributed by atoms with van der Waals surface area (Å²) in [5.74, 6) is -0.522. The predicted molar refractivity (Wildman–Crippen MR) is 108 cm³/mol. The minimum Gasteiger partial charge on any atom is -0.462 e. The summed E-state index contributed by atoms with van der Waals surface area (Å²) in [6.45, 7) is 2.82. The van der Waals surface area contributed by atoms with Crippen LogP contribution in [0.1, 0.15) is 28.4 Å². The van der Waals surface area contributed by atoms with Crippen LogP contribution in [-0.4, -0.2) is 17.6 Å². The summed E-state index contributed by atoms with van der Waals surface area (Å²) < 4.78 is 30.3. The molecule has 0 aliphatic carbocycles. The van der Waals surface area contributed by atoms with Gasteiger partial charge in [0.15, 0.2) is 0 Å². The first kappa shape index (κ1) is 22.0. The van der Waals surface area contributed by atoms with Crippen molar-refractivity contribution in [2.45, 2.75) is 20.0 Å². The number of ether oxygens (including phenoxy) is 1. The Morgan fingerprint density at radius 1 is 1.03 bits per heavy atom. The lowest BCUT2D eigenvalue weighted by molar-refractivity contribution is 0.0527. The van der Waals surface area contributed by atoms with Crippen molar-refractivity contribution >= 4 is 11.8 Å². The van der Waals surface area contributed by atoms with Gasteiger partial charge in [-0.15, -0.1) is 0 Å². The molecule has 1 aromatic heterocycles. The molecule has 0 aliphatic heterocycles. The van der Waals surface area contributed by atoms with Gasteiger partial charge in [-0.25, -0.2) is 18.6 Å². The van der Waals surface area contributed by atoms with Gasteiger partial charge >= 0.3 is 5.97 Å². The summed E-state index contributed by atoms with van der Waals surface area (Å²) in [4.78, 5) is 15.9. The van der Waals surface area contributed by atoms with Gasteiger partial charge in [0.25, 0.3) is 0 Å². The lowest BCUT2D eigenvalue weighted by Crippen LogP contribution is -2.11. The first-order valence-corrected chi connectivity index (χ1v) is 9.08. The SMILES string of the molecule is CCOC(=O)c1cccnc1NCc1cccc(F)c1.NCc1cccc(F)c1. The van der Waals surface area contributed by atoms with Crippen LogP contribution in [-0.2, 0) is 17.8 Å². The number of nitrogens with two attached hydrogens (primary N) is 1. The van der Waals surface area contributed by atoms with Crippen LogP contribution < -0.4 is 11.1 Å². The van der Waals surface area contributed by atoms with Crippen LogP contribution in [0.25, 0.3) is 0 Å². The van der Waals surface area contributed by atoms with Gasteiger partial charge in [0.2, 0.25) is 0 Å². The number of benzene rings is 2. The van der Waals surface area contributed by atoms with Gasteiger partial charge in [0.05, 0.1) is 6.61 Å². The molecule has 152 valence electrons. The van der Waals surface area contributed by atoms with Crippen LogP contribution in [0.4, 0.5) is 14.6 Å². The highest BCUT2D eigenvalue weighted by Gasteiger charge is 2.12. The summed E-state index contributed by atoms with van der Waals surface area (Å²) in [5, 5.41) is 3.02. The smallest absolute Gasteiger partial charge is 0.341 e. The number of pyridine rings is 1. The Hall–Kier alpha value is -3.32. The lowest BCUT2D eigenvalue weighted by atomic mass is 10.2. The molecule has 7 heteroatoms. The molecule has 3 aromatic rings. The maximum absolute atomic E-state index is 13.1. The van der Waals surface area contributed by atoms with E-state index < -0.39 is 5.97 Å². The molecule has 0 fully saturated rings. The molecular weight excluding hydrogens is 376 g/mol. The number of nitrogens with zero attached hydrogens (tertiary/aromatic N) is 1. The summed E-state index contributed by atoms with van der Waals surface area (Å²) in [7, 11) is 0. The van der Waals surface area contributed by atoms with E-state index in [-0.39, 0.29) is 11.6 Å². The first-order chi connectivity index (χ1) is 14.0. The average Bonchev–Trinajstić information content (AvgIpc) is 2.73. The van der Waals surface area contributed by atoms with E-state index in [1.807, 2.05) is 0 Å². The van der Waals surface area contributed by atoms with E-state index in [0.29, 0.717) is 31.1 Å². The molecule has 0 atom stereocenters. The Bertz CT molecular complexity index is 935. The lowest BCUT2D eigenvalue weighted by Gasteiger charge is -2.10. The standard InChI is InChI=1S/C15H15FN2O2.C7H8FN/c1-2-20-15(19)13-7-4-8-17-14(13)18-10-11-5-3-6-12(16)9-11;8-7-3-1-2-6(4-7)5-9/h3-9H,2,10H2,1H3,(H,17,18);1-4H,5,9H2. The zero-order valence-electron chi connectivity index (χ0n) is 16.1. The monoisotopic (exact) mass is 399 g/mol. The fourth-order valence-electron chi connectivity index (χ4n) is 2.42. The van der Waals surface area contributed by atoms with Crippen molar-refractivity contribution in [2.24, 2.45) is 5.73 Å². The predicted octanol–water partition coefficient (Wildman–Crippen LogP) is 4.29. The number of halogens is 2. The average molecular weight is 399 g/mol. The fourth-order valence-corrected chi connectivity index (χ4v) is 2.42. The van der Waals surface area contributed by atoms with E-state index in [1.165, 1.54) is 24.3 Å². The van der Waals surface area contributed by atoms with Crippen molar-refractivity contribution in [1.29, 1.82) is 0 Å². The topological polar surface area (TPSA) is 77.2 Å². The highest BCUT2D eigenvalue weighted by atomic mass is 19.1. The Morgan fingerprint density at radius 2 is 1.69 bits per heavy atom. The second-order valence-corrected chi connectivity index (χ2v) is 5.94. The molecule has 0 amide bonds. The van der Waals surface area contributed by atoms with Gasteiger partial charge < -0.3 is 15.8 Å². The molecule has 0 bridgehead atoms. The largest absolute Gasteiger partial charge is 0.462 e. The number of anilines is 1. The maximum atomic E-state index is 13.1. The molecule has 0 saturated heterocycles. The molecule has 0 saturated carbocycles. The van der Waals surface area contributed by atoms with E-state index >= 15 is 0 Å². The van der Waals surface area contributed by atoms with Crippen LogP contribution in [0.3, 0.4) is 0 Å². The molecule has 5 nitrogen and oxygen atoms in total. The zero-order valence-corrected chi connectivity index (χ0v) is 16.1. The van der Waals surface area contributed by atoms with Gasteiger partial charge in [0, 0.05) is 19.3 Å². The first-order valence-electron chi connectivity index (χ1n) is 9.08. The molecule has 0 aliphatic rings. The highest BCUT2D eigenvalue weighted by molar-refractivity contribution is 5.94. The second-order valence-electron chi connectivity index (χ2n) is 5.94.